The number of benzene rings is 1. The molecule has 1 unspecified atom stereocenters. The van der Waals surface area contributed by atoms with Crippen LogP contribution in [0.2, 0.25) is 0 Å². The highest BCUT2D eigenvalue weighted by Gasteiger charge is 2.26. The topological polar surface area (TPSA) is 49.0 Å². The van der Waals surface area contributed by atoms with Crippen LogP contribution in [0.5, 0.6) is 0 Å². The van der Waals surface area contributed by atoms with Crippen LogP contribution in [0.15, 0.2) is 48.7 Å². The highest BCUT2D eigenvalue weighted by Crippen LogP contribution is 2.29. The maximum Gasteiger partial charge on any atom is 0.253 e. The molecule has 122 valence electrons. The molecule has 4 nitrogen and oxygen atoms in total. The molecule has 1 N–H and O–H groups in total. The SMILES string of the molecule is O=C(c1cccc(F)c1)N1CCCC(c2cc3cccnc3[nH]2)C1. The van der Waals surface area contributed by atoms with E-state index >= 15 is 0 Å². The minimum absolute atomic E-state index is 0.103. The number of aromatic amines is 1. The number of fused-ring (bicyclic) bond motifs is 1. The summed E-state index contributed by atoms with van der Waals surface area (Å²) in [6.45, 7) is 1.35. The van der Waals surface area contributed by atoms with Gasteiger partial charge in [0.2, 0.25) is 0 Å². The molecule has 24 heavy (non-hydrogen) atoms. The van der Waals surface area contributed by atoms with Crippen LogP contribution in [-0.4, -0.2) is 33.9 Å². The van der Waals surface area contributed by atoms with Gasteiger partial charge in [-0.05, 0) is 49.2 Å². The second kappa shape index (κ2) is 6.07. The number of carbonyl (C=O) groups excluding carboxylic acids is 1. The van der Waals surface area contributed by atoms with Gasteiger partial charge in [-0.25, -0.2) is 9.37 Å². The number of nitrogens with zero attached hydrogens (tertiary/aromatic N) is 2. The summed E-state index contributed by atoms with van der Waals surface area (Å²) in [5.74, 6) is -0.227. The molecule has 3 aromatic rings. The number of carbonyl (C=O) groups is 1. The average Bonchev–Trinajstić information content (AvgIpc) is 3.05. The first-order valence-electron chi connectivity index (χ1n) is 8.19. The molecular weight excluding hydrogens is 305 g/mol. The number of nitrogens with one attached hydrogen (secondary N) is 1. The minimum atomic E-state index is -0.379. The second-order valence-electron chi connectivity index (χ2n) is 6.27. The van der Waals surface area contributed by atoms with Gasteiger partial charge in [0, 0.05) is 41.8 Å². The van der Waals surface area contributed by atoms with Crippen molar-refractivity contribution in [2.45, 2.75) is 18.8 Å². The number of halogens is 1. The van der Waals surface area contributed by atoms with E-state index in [1.807, 2.05) is 17.0 Å². The maximum absolute atomic E-state index is 13.4. The van der Waals surface area contributed by atoms with Crippen molar-refractivity contribution in [3.63, 3.8) is 0 Å². The van der Waals surface area contributed by atoms with E-state index < -0.39 is 0 Å². The Morgan fingerprint density at radius 3 is 3.00 bits per heavy atom. The van der Waals surface area contributed by atoms with Crippen molar-refractivity contribution in [2.75, 3.05) is 13.1 Å². The van der Waals surface area contributed by atoms with Gasteiger partial charge in [-0.2, -0.15) is 0 Å². The highest BCUT2D eigenvalue weighted by atomic mass is 19.1. The van der Waals surface area contributed by atoms with Crippen LogP contribution in [0, 0.1) is 5.82 Å². The molecule has 5 heteroatoms. The summed E-state index contributed by atoms with van der Waals surface area (Å²) in [6.07, 6.45) is 3.73. The number of likely N-dealkylation sites (tertiary alicyclic amines) is 1. The van der Waals surface area contributed by atoms with E-state index in [9.17, 15) is 9.18 Å². The van der Waals surface area contributed by atoms with Gasteiger partial charge >= 0.3 is 0 Å². The summed E-state index contributed by atoms with van der Waals surface area (Å²) in [5, 5.41) is 1.08. The fourth-order valence-electron chi connectivity index (χ4n) is 3.42. The summed E-state index contributed by atoms with van der Waals surface area (Å²) in [4.78, 5) is 22.2. The van der Waals surface area contributed by atoms with Crippen molar-refractivity contribution in [1.82, 2.24) is 14.9 Å². The summed E-state index contributed by atoms with van der Waals surface area (Å²) >= 11 is 0. The monoisotopic (exact) mass is 323 g/mol. The van der Waals surface area contributed by atoms with Crippen molar-refractivity contribution in [2.24, 2.45) is 0 Å². The van der Waals surface area contributed by atoms with Gasteiger partial charge < -0.3 is 9.88 Å². The van der Waals surface area contributed by atoms with Gasteiger partial charge in [0.1, 0.15) is 11.5 Å². The highest BCUT2D eigenvalue weighted by molar-refractivity contribution is 5.94. The Labute approximate surface area is 139 Å². The van der Waals surface area contributed by atoms with E-state index in [-0.39, 0.29) is 17.6 Å². The first-order valence-corrected chi connectivity index (χ1v) is 8.19. The number of rotatable bonds is 2. The molecule has 1 aliphatic rings. The number of hydrogen-bond acceptors (Lipinski definition) is 2. The normalized spacial score (nSPS) is 18.0. The Bertz CT molecular complexity index is 856. The summed E-state index contributed by atoms with van der Waals surface area (Å²) in [6, 6.07) is 12.0. The second-order valence-corrected chi connectivity index (χ2v) is 6.27. The van der Waals surface area contributed by atoms with Crippen molar-refractivity contribution in [3.8, 4) is 0 Å². The molecule has 1 saturated heterocycles. The summed E-state index contributed by atoms with van der Waals surface area (Å²) < 4.78 is 13.4. The lowest BCUT2D eigenvalue weighted by Crippen LogP contribution is -2.39. The molecule has 0 bridgehead atoms. The van der Waals surface area contributed by atoms with Gasteiger partial charge in [-0.15, -0.1) is 0 Å². The largest absolute Gasteiger partial charge is 0.343 e. The smallest absolute Gasteiger partial charge is 0.253 e. The van der Waals surface area contributed by atoms with E-state index in [0.29, 0.717) is 18.7 Å². The number of aromatic nitrogens is 2. The molecule has 1 aromatic carbocycles. The number of H-pyrrole nitrogens is 1. The Hall–Kier alpha value is -2.69. The Morgan fingerprint density at radius 1 is 1.25 bits per heavy atom. The predicted molar refractivity (Wildman–Crippen MR) is 90.4 cm³/mol. The van der Waals surface area contributed by atoms with Crippen LogP contribution in [0.3, 0.4) is 0 Å². The first-order chi connectivity index (χ1) is 11.7. The molecule has 1 amide bonds. The van der Waals surface area contributed by atoms with Crippen LogP contribution >= 0.6 is 0 Å². The molecule has 0 spiro atoms. The van der Waals surface area contributed by atoms with E-state index in [0.717, 1.165) is 29.6 Å². The lowest BCUT2D eigenvalue weighted by molar-refractivity contribution is 0.0705. The van der Waals surface area contributed by atoms with Crippen molar-refractivity contribution in [3.05, 3.63) is 65.7 Å². The predicted octanol–water partition coefficient (Wildman–Crippen LogP) is 3.72. The Morgan fingerprint density at radius 2 is 2.17 bits per heavy atom. The molecule has 0 radical (unpaired) electrons. The van der Waals surface area contributed by atoms with Crippen molar-refractivity contribution >= 4 is 16.9 Å². The number of piperidine rings is 1. The standard InChI is InChI=1S/C19H18FN3O/c20-16-7-1-4-14(10-16)19(24)23-9-3-6-15(12-23)17-11-13-5-2-8-21-18(13)22-17/h1-2,4-5,7-8,10-11,15H,3,6,9,12H2,(H,21,22). The minimum Gasteiger partial charge on any atom is -0.343 e. The lowest BCUT2D eigenvalue weighted by atomic mass is 9.94. The molecule has 1 aliphatic heterocycles. The zero-order valence-corrected chi connectivity index (χ0v) is 13.2. The fourth-order valence-corrected chi connectivity index (χ4v) is 3.42. The number of hydrogen-bond donors (Lipinski definition) is 1. The van der Waals surface area contributed by atoms with Crippen molar-refractivity contribution < 1.29 is 9.18 Å². The van der Waals surface area contributed by atoms with Crippen LogP contribution < -0.4 is 0 Å². The lowest BCUT2D eigenvalue weighted by Gasteiger charge is -2.32. The molecular formula is C19H18FN3O. The van der Waals surface area contributed by atoms with Crippen LogP contribution in [0.25, 0.3) is 11.0 Å². The molecule has 1 atom stereocenters. The molecule has 0 aliphatic carbocycles. The van der Waals surface area contributed by atoms with Gasteiger partial charge in [0.25, 0.3) is 5.91 Å². The molecule has 4 rings (SSSR count). The first kappa shape index (κ1) is 14.9. The van der Waals surface area contributed by atoms with Gasteiger partial charge in [-0.3, -0.25) is 4.79 Å². The van der Waals surface area contributed by atoms with Crippen LogP contribution in [0.4, 0.5) is 4.39 Å². The quantitative estimate of drug-likeness (QED) is 0.781. The molecule has 0 saturated carbocycles. The Kier molecular flexibility index (Phi) is 3.76. The van der Waals surface area contributed by atoms with Gasteiger partial charge in [0.15, 0.2) is 0 Å². The molecule has 3 heterocycles. The fraction of sp³-hybridized carbons (Fsp3) is 0.263. The van der Waals surface area contributed by atoms with Gasteiger partial charge in [0.05, 0.1) is 0 Å². The zero-order valence-electron chi connectivity index (χ0n) is 13.2. The van der Waals surface area contributed by atoms with Crippen LogP contribution in [0.1, 0.15) is 34.8 Å². The number of amides is 1. The van der Waals surface area contributed by atoms with Gasteiger partial charge in [-0.1, -0.05) is 6.07 Å². The third-order valence-corrected chi connectivity index (χ3v) is 4.63. The van der Waals surface area contributed by atoms with Crippen molar-refractivity contribution in [1.29, 1.82) is 0 Å². The summed E-state index contributed by atoms with van der Waals surface area (Å²) in [5.41, 5.74) is 2.40. The third-order valence-electron chi connectivity index (χ3n) is 4.63. The van der Waals surface area contributed by atoms with E-state index in [1.165, 1.54) is 12.1 Å². The van der Waals surface area contributed by atoms with E-state index in [1.54, 1.807) is 18.3 Å². The summed E-state index contributed by atoms with van der Waals surface area (Å²) in [7, 11) is 0. The molecule has 1 fully saturated rings. The van der Waals surface area contributed by atoms with E-state index in [2.05, 4.69) is 16.0 Å². The third kappa shape index (κ3) is 2.77. The Balaban J connectivity index is 1.56. The molecule has 2 aromatic heterocycles. The van der Waals surface area contributed by atoms with Crippen LogP contribution in [-0.2, 0) is 0 Å². The van der Waals surface area contributed by atoms with E-state index in [4.69, 9.17) is 0 Å². The zero-order chi connectivity index (χ0) is 16.5. The maximum atomic E-state index is 13.4. The number of pyridine rings is 1. The average molecular weight is 323 g/mol.